The van der Waals surface area contributed by atoms with Gasteiger partial charge in [0.25, 0.3) is 0 Å². The molecule has 138 valence electrons. The molecule has 0 unspecified atom stereocenters. The summed E-state index contributed by atoms with van der Waals surface area (Å²) in [5, 5.41) is 12.8. The number of aliphatic hydroxyl groups excluding tert-OH is 1. The number of aliphatic hydroxyl groups is 1. The molecule has 0 bridgehead atoms. The first kappa shape index (κ1) is 18.2. The smallest absolute Gasteiger partial charge is 0.317 e. The number of nitrogens with zero attached hydrogens (tertiary/aromatic N) is 2. The van der Waals surface area contributed by atoms with Crippen LogP contribution in [-0.2, 0) is 13.1 Å². The van der Waals surface area contributed by atoms with Gasteiger partial charge in [-0.1, -0.05) is 37.1 Å². The molecule has 2 fully saturated rings. The van der Waals surface area contributed by atoms with Crippen molar-refractivity contribution in [3.8, 4) is 0 Å². The average Bonchev–Trinajstić information content (AvgIpc) is 2.92. The number of piperidine rings is 1. The van der Waals surface area contributed by atoms with E-state index in [0.29, 0.717) is 6.54 Å². The quantitative estimate of drug-likeness (QED) is 0.882. The van der Waals surface area contributed by atoms with E-state index >= 15 is 0 Å². The Hall–Kier alpha value is -1.59. The van der Waals surface area contributed by atoms with Gasteiger partial charge in [-0.3, -0.25) is 4.90 Å². The highest BCUT2D eigenvalue weighted by molar-refractivity contribution is 5.74. The summed E-state index contributed by atoms with van der Waals surface area (Å²) in [6.45, 7) is 5.11. The summed E-state index contributed by atoms with van der Waals surface area (Å²) in [6.07, 6.45) is 6.27. The maximum absolute atomic E-state index is 12.4. The first-order valence-corrected chi connectivity index (χ1v) is 9.72. The van der Waals surface area contributed by atoms with Gasteiger partial charge in [0.15, 0.2) is 0 Å². The molecular weight excluding hydrogens is 314 g/mol. The molecule has 3 rings (SSSR count). The normalized spacial score (nSPS) is 20.3. The van der Waals surface area contributed by atoms with E-state index in [9.17, 15) is 9.90 Å². The van der Waals surface area contributed by atoms with Crippen LogP contribution < -0.4 is 5.32 Å². The summed E-state index contributed by atoms with van der Waals surface area (Å²) in [4.78, 5) is 16.8. The monoisotopic (exact) mass is 345 g/mol. The highest BCUT2D eigenvalue weighted by Gasteiger charge is 2.19. The van der Waals surface area contributed by atoms with Gasteiger partial charge in [0.1, 0.15) is 0 Å². The van der Waals surface area contributed by atoms with Gasteiger partial charge < -0.3 is 15.3 Å². The SMILES string of the molecule is O=C(NCc1ccccc1CN1CCC(O)CC1)N1CCCCCC1. The molecule has 0 aromatic heterocycles. The van der Waals surface area contributed by atoms with Crippen LogP contribution >= 0.6 is 0 Å². The number of hydrogen-bond donors (Lipinski definition) is 2. The first-order chi connectivity index (χ1) is 12.2. The second-order valence-corrected chi connectivity index (χ2v) is 7.34. The van der Waals surface area contributed by atoms with E-state index in [-0.39, 0.29) is 12.1 Å². The summed E-state index contributed by atoms with van der Waals surface area (Å²) in [6, 6.07) is 8.43. The Morgan fingerprint density at radius 1 is 1.00 bits per heavy atom. The highest BCUT2D eigenvalue weighted by atomic mass is 16.3. The number of carbonyl (C=O) groups excluding carboxylic acids is 1. The van der Waals surface area contributed by atoms with E-state index in [1.165, 1.54) is 24.0 Å². The maximum Gasteiger partial charge on any atom is 0.317 e. The van der Waals surface area contributed by atoms with Crippen molar-refractivity contribution in [2.75, 3.05) is 26.2 Å². The first-order valence-electron chi connectivity index (χ1n) is 9.72. The lowest BCUT2D eigenvalue weighted by molar-refractivity contribution is 0.0791. The van der Waals surface area contributed by atoms with Crippen LogP contribution in [0.15, 0.2) is 24.3 Å². The Bertz CT molecular complexity index is 548. The van der Waals surface area contributed by atoms with Crippen molar-refractivity contribution < 1.29 is 9.90 Å². The third kappa shape index (κ3) is 5.44. The fourth-order valence-electron chi connectivity index (χ4n) is 3.76. The van der Waals surface area contributed by atoms with Crippen molar-refractivity contribution in [3.63, 3.8) is 0 Å². The molecule has 2 saturated heterocycles. The third-order valence-electron chi connectivity index (χ3n) is 5.39. The summed E-state index contributed by atoms with van der Waals surface area (Å²) in [5.74, 6) is 0. The molecule has 5 heteroatoms. The number of amides is 2. The molecule has 5 nitrogen and oxygen atoms in total. The summed E-state index contributed by atoms with van der Waals surface area (Å²) in [5.41, 5.74) is 2.46. The Labute approximate surface area is 151 Å². The van der Waals surface area contributed by atoms with Crippen LogP contribution in [0.3, 0.4) is 0 Å². The Morgan fingerprint density at radius 2 is 1.64 bits per heavy atom. The minimum absolute atomic E-state index is 0.0674. The largest absolute Gasteiger partial charge is 0.393 e. The van der Waals surface area contributed by atoms with Crippen LogP contribution in [0.1, 0.15) is 49.7 Å². The zero-order valence-corrected chi connectivity index (χ0v) is 15.1. The Balaban J connectivity index is 1.54. The van der Waals surface area contributed by atoms with Gasteiger partial charge >= 0.3 is 6.03 Å². The number of benzene rings is 1. The molecule has 0 radical (unpaired) electrons. The lowest BCUT2D eigenvalue weighted by atomic mass is 10.0. The van der Waals surface area contributed by atoms with Crippen molar-refractivity contribution in [2.45, 2.75) is 57.7 Å². The average molecular weight is 345 g/mol. The molecule has 25 heavy (non-hydrogen) atoms. The molecule has 2 aliphatic rings. The summed E-state index contributed by atoms with van der Waals surface area (Å²) < 4.78 is 0. The fourth-order valence-corrected chi connectivity index (χ4v) is 3.76. The van der Waals surface area contributed by atoms with Gasteiger partial charge in [-0.05, 0) is 36.8 Å². The van der Waals surface area contributed by atoms with Crippen LogP contribution in [0.25, 0.3) is 0 Å². The van der Waals surface area contributed by atoms with E-state index in [2.05, 4.69) is 28.4 Å². The van der Waals surface area contributed by atoms with E-state index < -0.39 is 0 Å². The Morgan fingerprint density at radius 3 is 2.32 bits per heavy atom. The van der Waals surface area contributed by atoms with Gasteiger partial charge in [0, 0.05) is 39.3 Å². The molecular formula is C20H31N3O2. The van der Waals surface area contributed by atoms with Crippen molar-refractivity contribution in [1.82, 2.24) is 15.1 Å². The lowest BCUT2D eigenvalue weighted by Gasteiger charge is -2.30. The van der Waals surface area contributed by atoms with E-state index in [1.54, 1.807) is 0 Å². The number of likely N-dealkylation sites (tertiary alicyclic amines) is 2. The second-order valence-electron chi connectivity index (χ2n) is 7.34. The van der Waals surface area contributed by atoms with Gasteiger partial charge in [-0.25, -0.2) is 4.79 Å². The zero-order chi connectivity index (χ0) is 17.5. The number of nitrogens with one attached hydrogen (secondary N) is 1. The summed E-state index contributed by atoms with van der Waals surface area (Å²) >= 11 is 0. The zero-order valence-electron chi connectivity index (χ0n) is 15.1. The third-order valence-corrected chi connectivity index (χ3v) is 5.39. The molecule has 2 amide bonds. The highest BCUT2D eigenvalue weighted by Crippen LogP contribution is 2.17. The molecule has 0 aliphatic carbocycles. The van der Waals surface area contributed by atoms with E-state index in [1.807, 2.05) is 11.0 Å². The van der Waals surface area contributed by atoms with Gasteiger partial charge in [0.05, 0.1) is 6.10 Å². The van der Waals surface area contributed by atoms with Crippen molar-refractivity contribution in [1.29, 1.82) is 0 Å². The van der Waals surface area contributed by atoms with Gasteiger partial charge in [-0.2, -0.15) is 0 Å². The van der Waals surface area contributed by atoms with Crippen LogP contribution in [0.2, 0.25) is 0 Å². The minimum atomic E-state index is -0.139. The number of carbonyl (C=O) groups is 1. The Kier molecular flexibility index (Phi) is 6.70. The van der Waals surface area contributed by atoms with Crippen molar-refractivity contribution >= 4 is 6.03 Å². The van der Waals surface area contributed by atoms with E-state index in [4.69, 9.17) is 0 Å². The number of urea groups is 1. The summed E-state index contributed by atoms with van der Waals surface area (Å²) in [7, 11) is 0. The predicted octanol–water partition coefficient (Wildman–Crippen LogP) is 2.73. The molecule has 0 spiro atoms. The minimum Gasteiger partial charge on any atom is -0.393 e. The maximum atomic E-state index is 12.4. The molecule has 2 aliphatic heterocycles. The number of hydrogen-bond acceptors (Lipinski definition) is 3. The van der Waals surface area contributed by atoms with Crippen LogP contribution in [0.5, 0.6) is 0 Å². The van der Waals surface area contributed by atoms with Crippen molar-refractivity contribution in [2.24, 2.45) is 0 Å². The molecule has 1 aromatic carbocycles. The molecule has 0 atom stereocenters. The van der Waals surface area contributed by atoms with Crippen LogP contribution in [-0.4, -0.2) is 53.2 Å². The van der Waals surface area contributed by atoms with Gasteiger partial charge in [0.2, 0.25) is 0 Å². The van der Waals surface area contributed by atoms with Gasteiger partial charge in [-0.15, -0.1) is 0 Å². The standard InChI is InChI=1S/C20H31N3O2/c24-19-9-13-22(14-10-19)16-18-8-4-3-7-17(18)15-21-20(25)23-11-5-1-2-6-12-23/h3-4,7-8,19,24H,1-2,5-6,9-16H2,(H,21,25). The lowest BCUT2D eigenvalue weighted by Crippen LogP contribution is -2.40. The van der Waals surface area contributed by atoms with Crippen LogP contribution in [0, 0.1) is 0 Å². The van der Waals surface area contributed by atoms with E-state index in [0.717, 1.165) is 58.4 Å². The van der Waals surface area contributed by atoms with Crippen molar-refractivity contribution in [3.05, 3.63) is 35.4 Å². The van der Waals surface area contributed by atoms with Crippen LogP contribution in [0.4, 0.5) is 4.79 Å². The number of rotatable bonds is 4. The molecule has 2 N–H and O–H groups in total. The molecule has 1 aromatic rings. The topological polar surface area (TPSA) is 55.8 Å². The second kappa shape index (κ2) is 9.20. The predicted molar refractivity (Wildman–Crippen MR) is 99.2 cm³/mol. The molecule has 0 saturated carbocycles. The molecule has 2 heterocycles. The fraction of sp³-hybridized carbons (Fsp3) is 0.650.